The van der Waals surface area contributed by atoms with E-state index in [4.69, 9.17) is 5.11 Å². The van der Waals surface area contributed by atoms with Gasteiger partial charge in [-0.25, -0.2) is 0 Å². The molecule has 1 aromatic rings. The van der Waals surface area contributed by atoms with Crippen LogP contribution in [0.15, 0.2) is 24.3 Å². The van der Waals surface area contributed by atoms with E-state index in [1.807, 2.05) is 4.90 Å². The summed E-state index contributed by atoms with van der Waals surface area (Å²) in [5, 5.41) is 8.77. The van der Waals surface area contributed by atoms with E-state index in [0.717, 1.165) is 12.1 Å². The molecule has 0 aliphatic carbocycles. The molecule has 0 atom stereocenters. The molecule has 1 saturated heterocycles. The summed E-state index contributed by atoms with van der Waals surface area (Å²) in [6.45, 7) is 1.48. The smallest absolute Gasteiger partial charge is 0.387 e. The fraction of sp³-hybridized carbons (Fsp3) is 0.462. The Morgan fingerprint density at radius 1 is 1.10 bits per heavy atom. The van der Waals surface area contributed by atoms with Crippen molar-refractivity contribution in [1.82, 2.24) is 4.90 Å². The molecule has 7 heteroatoms. The van der Waals surface area contributed by atoms with Gasteiger partial charge in [0.15, 0.2) is 0 Å². The number of anilines is 1. The van der Waals surface area contributed by atoms with Gasteiger partial charge in [0.2, 0.25) is 5.91 Å². The first-order chi connectivity index (χ1) is 9.41. The van der Waals surface area contributed by atoms with Crippen LogP contribution in [-0.4, -0.2) is 48.7 Å². The number of alkyl halides is 3. The van der Waals surface area contributed by atoms with E-state index in [0.29, 0.717) is 31.9 Å². The summed E-state index contributed by atoms with van der Waals surface area (Å²) in [6, 6.07) is 4.99. The van der Waals surface area contributed by atoms with Gasteiger partial charge in [-0.1, -0.05) is 0 Å². The first-order valence-electron chi connectivity index (χ1n) is 6.22. The molecular weight excluding hydrogens is 273 g/mol. The average Bonchev–Trinajstić information content (AvgIpc) is 2.46. The van der Waals surface area contributed by atoms with Crippen LogP contribution < -0.4 is 4.90 Å². The van der Waals surface area contributed by atoms with Gasteiger partial charge in [0.05, 0.1) is 5.56 Å². The Morgan fingerprint density at radius 3 is 2.10 bits per heavy atom. The van der Waals surface area contributed by atoms with E-state index in [-0.39, 0.29) is 5.91 Å². The number of aliphatic hydroxyl groups excluding tert-OH is 1. The molecule has 0 spiro atoms. The molecule has 2 rings (SSSR count). The summed E-state index contributed by atoms with van der Waals surface area (Å²) >= 11 is 0. The zero-order valence-electron chi connectivity index (χ0n) is 10.7. The van der Waals surface area contributed by atoms with Crippen molar-refractivity contribution in [3.63, 3.8) is 0 Å². The van der Waals surface area contributed by atoms with Gasteiger partial charge >= 0.3 is 6.18 Å². The highest BCUT2D eigenvalue weighted by atomic mass is 19.4. The van der Waals surface area contributed by atoms with Crippen molar-refractivity contribution in [3.8, 4) is 0 Å². The highest BCUT2D eigenvalue weighted by Crippen LogP contribution is 2.30. The lowest BCUT2D eigenvalue weighted by atomic mass is 10.1. The monoisotopic (exact) mass is 288 g/mol. The molecule has 20 heavy (non-hydrogen) atoms. The molecule has 0 aromatic heterocycles. The van der Waals surface area contributed by atoms with E-state index in [1.165, 1.54) is 12.1 Å². The normalized spacial score (nSPS) is 16.4. The maximum Gasteiger partial charge on any atom is 0.416 e. The van der Waals surface area contributed by atoms with Gasteiger partial charge in [0.1, 0.15) is 6.61 Å². The molecule has 0 unspecified atom stereocenters. The number of hydrogen-bond donors (Lipinski definition) is 1. The van der Waals surface area contributed by atoms with Gasteiger partial charge in [0.25, 0.3) is 0 Å². The quantitative estimate of drug-likeness (QED) is 0.893. The molecule has 0 radical (unpaired) electrons. The number of piperazine rings is 1. The van der Waals surface area contributed by atoms with Gasteiger partial charge < -0.3 is 14.9 Å². The summed E-state index contributed by atoms with van der Waals surface area (Å²) in [6.07, 6.45) is -4.33. The second-order valence-corrected chi connectivity index (χ2v) is 4.57. The average molecular weight is 288 g/mol. The van der Waals surface area contributed by atoms with E-state index in [1.54, 1.807) is 4.90 Å². The number of hydrogen-bond acceptors (Lipinski definition) is 3. The maximum atomic E-state index is 12.5. The molecule has 4 nitrogen and oxygen atoms in total. The minimum Gasteiger partial charge on any atom is -0.387 e. The highest BCUT2D eigenvalue weighted by Gasteiger charge is 2.30. The van der Waals surface area contributed by atoms with Gasteiger partial charge in [-0.15, -0.1) is 0 Å². The second kappa shape index (κ2) is 5.70. The molecule has 0 bridgehead atoms. The van der Waals surface area contributed by atoms with E-state index in [2.05, 4.69) is 0 Å². The van der Waals surface area contributed by atoms with Gasteiger partial charge in [-0.2, -0.15) is 13.2 Å². The molecular formula is C13H15F3N2O2. The second-order valence-electron chi connectivity index (χ2n) is 4.57. The molecule has 110 valence electrons. The molecule has 1 aliphatic heterocycles. The predicted molar refractivity (Wildman–Crippen MR) is 67.3 cm³/mol. The molecule has 1 N–H and O–H groups in total. The Bertz CT molecular complexity index is 465. The van der Waals surface area contributed by atoms with Crippen LogP contribution in [-0.2, 0) is 11.0 Å². The summed E-state index contributed by atoms with van der Waals surface area (Å²) in [5.41, 5.74) is 0.0319. The van der Waals surface area contributed by atoms with Crippen molar-refractivity contribution < 1.29 is 23.1 Å². The van der Waals surface area contributed by atoms with Crippen molar-refractivity contribution in [3.05, 3.63) is 29.8 Å². The predicted octanol–water partition coefficient (Wildman–Crippen LogP) is 1.35. The van der Waals surface area contributed by atoms with Crippen LogP contribution in [0.5, 0.6) is 0 Å². The largest absolute Gasteiger partial charge is 0.416 e. The Kier molecular flexibility index (Phi) is 4.17. The van der Waals surface area contributed by atoms with Crippen LogP contribution in [0.25, 0.3) is 0 Å². The Morgan fingerprint density at radius 2 is 1.65 bits per heavy atom. The number of carbonyl (C=O) groups is 1. The number of aliphatic hydroxyl groups is 1. The summed E-state index contributed by atoms with van der Waals surface area (Å²) in [7, 11) is 0. The Hall–Kier alpha value is -1.76. The highest BCUT2D eigenvalue weighted by molar-refractivity contribution is 5.77. The van der Waals surface area contributed by atoms with Crippen molar-refractivity contribution in [2.45, 2.75) is 6.18 Å². The number of halogens is 3. The lowest BCUT2D eigenvalue weighted by Crippen LogP contribution is -2.49. The summed E-state index contributed by atoms with van der Waals surface area (Å²) in [5.74, 6) is -0.322. The van der Waals surface area contributed by atoms with E-state index >= 15 is 0 Å². The van der Waals surface area contributed by atoms with Crippen LogP contribution in [0, 0.1) is 0 Å². The first kappa shape index (κ1) is 14.6. The molecule has 1 aliphatic rings. The summed E-state index contributed by atoms with van der Waals surface area (Å²) in [4.78, 5) is 14.8. The number of rotatable bonds is 2. The molecule has 1 heterocycles. The summed E-state index contributed by atoms with van der Waals surface area (Å²) < 4.78 is 37.4. The zero-order chi connectivity index (χ0) is 14.8. The fourth-order valence-electron chi connectivity index (χ4n) is 2.18. The number of carbonyl (C=O) groups excluding carboxylic acids is 1. The Labute approximate surface area is 114 Å². The lowest BCUT2D eigenvalue weighted by Gasteiger charge is -2.36. The Balaban J connectivity index is 1.99. The van der Waals surface area contributed by atoms with Crippen LogP contribution in [0.3, 0.4) is 0 Å². The van der Waals surface area contributed by atoms with Gasteiger partial charge in [-0.3, -0.25) is 4.79 Å². The van der Waals surface area contributed by atoms with Gasteiger partial charge in [0, 0.05) is 31.9 Å². The standard InChI is InChI=1S/C13H15F3N2O2/c14-13(15,16)10-1-3-11(4-2-10)17-5-7-18(8-6-17)12(20)9-19/h1-4,19H,5-9H2. The van der Waals surface area contributed by atoms with Crippen LogP contribution >= 0.6 is 0 Å². The minimum absolute atomic E-state index is 0.322. The molecule has 1 fully saturated rings. The van der Waals surface area contributed by atoms with Crippen molar-refractivity contribution in [2.75, 3.05) is 37.7 Å². The third kappa shape index (κ3) is 3.22. The molecule has 1 amide bonds. The number of nitrogens with zero attached hydrogens (tertiary/aromatic N) is 2. The van der Waals surface area contributed by atoms with E-state index in [9.17, 15) is 18.0 Å². The SMILES string of the molecule is O=C(CO)N1CCN(c2ccc(C(F)(F)F)cc2)CC1. The number of amides is 1. The third-order valence-electron chi connectivity index (χ3n) is 3.33. The lowest BCUT2D eigenvalue weighted by molar-refractivity contribution is -0.137. The minimum atomic E-state index is -4.33. The third-order valence-corrected chi connectivity index (χ3v) is 3.33. The fourth-order valence-corrected chi connectivity index (χ4v) is 2.18. The van der Waals surface area contributed by atoms with Crippen molar-refractivity contribution >= 4 is 11.6 Å². The molecule has 1 aromatic carbocycles. The maximum absolute atomic E-state index is 12.5. The van der Waals surface area contributed by atoms with E-state index < -0.39 is 18.3 Å². The topological polar surface area (TPSA) is 43.8 Å². The molecule has 0 saturated carbocycles. The van der Waals surface area contributed by atoms with Crippen LogP contribution in [0.1, 0.15) is 5.56 Å². The van der Waals surface area contributed by atoms with Gasteiger partial charge in [-0.05, 0) is 24.3 Å². The number of benzene rings is 1. The van der Waals surface area contributed by atoms with Crippen LogP contribution in [0.2, 0.25) is 0 Å². The zero-order valence-corrected chi connectivity index (χ0v) is 10.7. The van der Waals surface area contributed by atoms with Crippen molar-refractivity contribution in [2.24, 2.45) is 0 Å². The van der Waals surface area contributed by atoms with Crippen molar-refractivity contribution in [1.29, 1.82) is 0 Å². The van der Waals surface area contributed by atoms with Crippen LogP contribution in [0.4, 0.5) is 18.9 Å². The first-order valence-corrected chi connectivity index (χ1v) is 6.22.